The molecule has 0 radical (unpaired) electrons. The maximum Gasteiger partial charge on any atom is 0.0340 e. The first-order valence-electron chi connectivity index (χ1n) is 5.13. The number of rotatable bonds is 5. The van der Waals surface area contributed by atoms with Crippen LogP contribution in [0.15, 0.2) is 30.3 Å². The highest BCUT2D eigenvalue weighted by Gasteiger charge is 2.15. The summed E-state index contributed by atoms with van der Waals surface area (Å²) in [7, 11) is 0. The third-order valence-electron chi connectivity index (χ3n) is 2.37. The minimum Gasteiger partial charge on any atom is -0.385 e. The van der Waals surface area contributed by atoms with Crippen molar-refractivity contribution in [2.24, 2.45) is 11.1 Å². The molecular weight excluding hydrogens is 172 g/mol. The largest absolute Gasteiger partial charge is 0.385 e. The molecule has 1 rings (SSSR count). The second kappa shape index (κ2) is 5.01. The molecular formula is C12H20N2. The Morgan fingerprint density at radius 2 is 1.86 bits per heavy atom. The van der Waals surface area contributed by atoms with Crippen molar-refractivity contribution >= 4 is 5.69 Å². The van der Waals surface area contributed by atoms with E-state index in [0.29, 0.717) is 0 Å². The van der Waals surface area contributed by atoms with E-state index in [1.165, 1.54) is 5.69 Å². The van der Waals surface area contributed by atoms with Crippen LogP contribution < -0.4 is 11.1 Å². The second-order valence-electron chi connectivity index (χ2n) is 4.42. The average molecular weight is 192 g/mol. The van der Waals surface area contributed by atoms with E-state index in [1.807, 2.05) is 18.2 Å². The highest BCUT2D eigenvalue weighted by Crippen LogP contribution is 2.20. The zero-order valence-electron chi connectivity index (χ0n) is 9.09. The quantitative estimate of drug-likeness (QED) is 0.752. The maximum atomic E-state index is 5.56. The highest BCUT2D eigenvalue weighted by atomic mass is 14.9. The Bertz CT molecular complexity index is 254. The predicted molar refractivity (Wildman–Crippen MR) is 62.4 cm³/mol. The van der Waals surface area contributed by atoms with Gasteiger partial charge in [0.25, 0.3) is 0 Å². The topological polar surface area (TPSA) is 38.0 Å². The minimum atomic E-state index is 0.268. The van der Waals surface area contributed by atoms with Gasteiger partial charge in [-0.1, -0.05) is 32.0 Å². The third-order valence-corrected chi connectivity index (χ3v) is 2.37. The van der Waals surface area contributed by atoms with Crippen molar-refractivity contribution in [2.45, 2.75) is 20.3 Å². The van der Waals surface area contributed by atoms with E-state index < -0.39 is 0 Å². The van der Waals surface area contributed by atoms with Gasteiger partial charge in [0.05, 0.1) is 0 Å². The first kappa shape index (κ1) is 11.1. The van der Waals surface area contributed by atoms with E-state index in [9.17, 15) is 0 Å². The molecule has 3 N–H and O–H groups in total. The van der Waals surface area contributed by atoms with Gasteiger partial charge in [-0.3, -0.25) is 0 Å². The van der Waals surface area contributed by atoms with Gasteiger partial charge in [-0.05, 0) is 30.5 Å². The number of benzene rings is 1. The average Bonchev–Trinajstić information content (AvgIpc) is 2.17. The molecule has 0 heterocycles. The van der Waals surface area contributed by atoms with Crippen LogP contribution in [-0.2, 0) is 0 Å². The summed E-state index contributed by atoms with van der Waals surface area (Å²) in [5.74, 6) is 0. The van der Waals surface area contributed by atoms with Crippen molar-refractivity contribution in [3.8, 4) is 0 Å². The number of hydrogen-bond acceptors (Lipinski definition) is 2. The van der Waals surface area contributed by atoms with Gasteiger partial charge >= 0.3 is 0 Å². The summed E-state index contributed by atoms with van der Waals surface area (Å²) in [6, 6.07) is 10.3. The minimum absolute atomic E-state index is 0.268. The van der Waals surface area contributed by atoms with Crippen molar-refractivity contribution in [2.75, 3.05) is 18.4 Å². The standard InChI is InChI=1S/C12H20N2/c1-12(2,8-9-13)10-14-11-6-4-3-5-7-11/h3-7,14H,8-10,13H2,1-2H3. The van der Waals surface area contributed by atoms with Crippen LogP contribution in [0.4, 0.5) is 5.69 Å². The summed E-state index contributed by atoms with van der Waals surface area (Å²) in [5, 5.41) is 3.41. The van der Waals surface area contributed by atoms with E-state index in [2.05, 4.69) is 31.3 Å². The van der Waals surface area contributed by atoms with Gasteiger partial charge in [0.2, 0.25) is 0 Å². The van der Waals surface area contributed by atoms with Crippen molar-refractivity contribution in [1.29, 1.82) is 0 Å². The molecule has 0 aliphatic carbocycles. The molecule has 2 nitrogen and oxygen atoms in total. The fraction of sp³-hybridized carbons (Fsp3) is 0.500. The molecule has 0 aromatic heterocycles. The molecule has 0 bridgehead atoms. The Kier molecular flexibility index (Phi) is 3.96. The van der Waals surface area contributed by atoms with Gasteiger partial charge in [0, 0.05) is 12.2 Å². The van der Waals surface area contributed by atoms with Gasteiger partial charge in [-0.25, -0.2) is 0 Å². The number of hydrogen-bond donors (Lipinski definition) is 2. The molecule has 78 valence electrons. The van der Waals surface area contributed by atoms with Crippen LogP contribution in [0.2, 0.25) is 0 Å². The molecule has 0 unspecified atom stereocenters. The lowest BCUT2D eigenvalue weighted by Gasteiger charge is -2.24. The van der Waals surface area contributed by atoms with Crippen molar-refractivity contribution < 1.29 is 0 Å². The normalized spacial score (nSPS) is 11.4. The number of nitrogens with one attached hydrogen (secondary N) is 1. The fourth-order valence-corrected chi connectivity index (χ4v) is 1.38. The molecule has 14 heavy (non-hydrogen) atoms. The molecule has 0 aliphatic rings. The predicted octanol–water partition coefficient (Wildman–Crippen LogP) is 2.47. The van der Waals surface area contributed by atoms with E-state index in [4.69, 9.17) is 5.73 Å². The van der Waals surface area contributed by atoms with Crippen molar-refractivity contribution in [3.05, 3.63) is 30.3 Å². The second-order valence-corrected chi connectivity index (χ2v) is 4.42. The monoisotopic (exact) mass is 192 g/mol. The zero-order valence-corrected chi connectivity index (χ0v) is 9.09. The number of para-hydroxylation sites is 1. The zero-order chi connectivity index (χ0) is 10.4. The molecule has 0 saturated carbocycles. The van der Waals surface area contributed by atoms with Crippen LogP contribution in [0.5, 0.6) is 0 Å². The smallest absolute Gasteiger partial charge is 0.0340 e. The van der Waals surface area contributed by atoms with Gasteiger partial charge < -0.3 is 11.1 Å². The van der Waals surface area contributed by atoms with Crippen LogP contribution in [0, 0.1) is 5.41 Å². The van der Waals surface area contributed by atoms with Crippen molar-refractivity contribution in [3.63, 3.8) is 0 Å². The molecule has 1 aromatic rings. The Balaban J connectivity index is 2.40. The van der Waals surface area contributed by atoms with Crippen LogP contribution in [-0.4, -0.2) is 13.1 Å². The Hall–Kier alpha value is -1.02. The first-order valence-corrected chi connectivity index (χ1v) is 5.13. The molecule has 2 heteroatoms. The van der Waals surface area contributed by atoms with Gasteiger partial charge in [0.1, 0.15) is 0 Å². The summed E-state index contributed by atoms with van der Waals surface area (Å²) < 4.78 is 0. The van der Waals surface area contributed by atoms with Crippen LogP contribution in [0.25, 0.3) is 0 Å². The van der Waals surface area contributed by atoms with Crippen LogP contribution >= 0.6 is 0 Å². The summed E-state index contributed by atoms with van der Waals surface area (Å²) in [5.41, 5.74) is 7.00. The molecule has 0 aliphatic heterocycles. The molecule has 0 spiro atoms. The summed E-state index contributed by atoms with van der Waals surface area (Å²) >= 11 is 0. The molecule has 0 saturated heterocycles. The van der Waals surface area contributed by atoms with Crippen LogP contribution in [0.3, 0.4) is 0 Å². The Morgan fingerprint density at radius 1 is 1.21 bits per heavy atom. The fourth-order valence-electron chi connectivity index (χ4n) is 1.38. The summed E-state index contributed by atoms with van der Waals surface area (Å²) in [6.07, 6.45) is 1.05. The number of nitrogens with two attached hydrogens (primary N) is 1. The Labute approximate surface area is 86.5 Å². The highest BCUT2D eigenvalue weighted by molar-refractivity contribution is 5.42. The SMILES string of the molecule is CC(C)(CCN)CNc1ccccc1. The van der Waals surface area contributed by atoms with Gasteiger partial charge in [-0.2, -0.15) is 0 Å². The first-order chi connectivity index (χ1) is 6.64. The van der Waals surface area contributed by atoms with Gasteiger partial charge in [0.15, 0.2) is 0 Å². The van der Waals surface area contributed by atoms with E-state index in [1.54, 1.807) is 0 Å². The maximum absolute atomic E-state index is 5.56. The van der Waals surface area contributed by atoms with Crippen molar-refractivity contribution in [1.82, 2.24) is 0 Å². The molecule has 0 atom stereocenters. The molecule has 0 fully saturated rings. The summed E-state index contributed by atoms with van der Waals surface area (Å²) in [4.78, 5) is 0. The Morgan fingerprint density at radius 3 is 2.43 bits per heavy atom. The lowest BCUT2D eigenvalue weighted by Crippen LogP contribution is -2.25. The van der Waals surface area contributed by atoms with Crippen LogP contribution in [0.1, 0.15) is 20.3 Å². The molecule has 1 aromatic carbocycles. The lowest BCUT2D eigenvalue weighted by molar-refractivity contribution is 0.365. The molecule has 0 amide bonds. The number of anilines is 1. The van der Waals surface area contributed by atoms with E-state index in [0.717, 1.165) is 19.5 Å². The lowest BCUT2D eigenvalue weighted by atomic mass is 9.89. The van der Waals surface area contributed by atoms with Gasteiger partial charge in [-0.15, -0.1) is 0 Å². The summed E-state index contributed by atoms with van der Waals surface area (Å²) in [6.45, 7) is 6.18. The third kappa shape index (κ3) is 3.79. The van der Waals surface area contributed by atoms with E-state index in [-0.39, 0.29) is 5.41 Å². The van der Waals surface area contributed by atoms with E-state index >= 15 is 0 Å².